The van der Waals surface area contributed by atoms with Crippen LogP contribution in [0.25, 0.3) is 0 Å². The van der Waals surface area contributed by atoms with Gasteiger partial charge in [0, 0.05) is 5.56 Å². The van der Waals surface area contributed by atoms with Crippen molar-refractivity contribution in [2.24, 2.45) is 0 Å². The van der Waals surface area contributed by atoms with Crippen molar-refractivity contribution in [2.45, 2.75) is 39.7 Å². The third-order valence-electron chi connectivity index (χ3n) is 4.14. The lowest BCUT2D eigenvalue weighted by Gasteiger charge is -2.14. The summed E-state index contributed by atoms with van der Waals surface area (Å²) in [6.07, 6.45) is 1.82. The number of ether oxygens (including phenoxy) is 2. The molecule has 0 radical (unpaired) electrons. The first-order valence-electron chi connectivity index (χ1n) is 9.84. The smallest absolute Gasteiger partial charge is 0.273 e. The SMILES string of the molecule is CCCOc1ccccc1C(=O)NNC(=S)NC(=O)c1ccc(OC(C)CC)cc1. The second-order valence-corrected chi connectivity index (χ2v) is 6.98. The van der Waals surface area contributed by atoms with Crippen LogP contribution in [-0.4, -0.2) is 29.6 Å². The molecule has 0 aliphatic rings. The summed E-state index contributed by atoms with van der Waals surface area (Å²) in [4.78, 5) is 24.7. The van der Waals surface area contributed by atoms with E-state index in [2.05, 4.69) is 16.2 Å². The lowest BCUT2D eigenvalue weighted by Crippen LogP contribution is -2.48. The number of amides is 2. The Morgan fingerprint density at radius 3 is 2.37 bits per heavy atom. The highest BCUT2D eigenvalue weighted by Crippen LogP contribution is 2.18. The average molecular weight is 430 g/mol. The Hall–Kier alpha value is -3.13. The van der Waals surface area contributed by atoms with Gasteiger partial charge in [-0.2, -0.15) is 0 Å². The maximum absolute atomic E-state index is 12.4. The third-order valence-corrected chi connectivity index (χ3v) is 4.34. The molecule has 2 aromatic carbocycles. The van der Waals surface area contributed by atoms with Crippen molar-refractivity contribution in [1.82, 2.24) is 16.2 Å². The number of rotatable bonds is 8. The van der Waals surface area contributed by atoms with Crippen molar-refractivity contribution in [3.8, 4) is 11.5 Å². The first-order valence-corrected chi connectivity index (χ1v) is 10.3. The zero-order valence-electron chi connectivity index (χ0n) is 17.4. The minimum absolute atomic E-state index is 0.0276. The monoisotopic (exact) mass is 429 g/mol. The summed E-state index contributed by atoms with van der Waals surface area (Å²) >= 11 is 5.09. The van der Waals surface area contributed by atoms with Crippen molar-refractivity contribution in [1.29, 1.82) is 0 Å². The quantitative estimate of drug-likeness (QED) is 0.439. The molecule has 2 amide bonds. The highest BCUT2D eigenvalue weighted by molar-refractivity contribution is 7.80. The van der Waals surface area contributed by atoms with E-state index >= 15 is 0 Å². The molecule has 30 heavy (non-hydrogen) atoms. The van der Waals surface area contributed by atoms with Crippen molar-refractivity contribution < 1.29 is 19.1 Å². The van der Waals surface area contributed by atoms with Gasteiger partial charge in [0.1, 0.15) is 11.5 Å². The predicted molar refractivity (Wildman–Crippen MR) is 120 cm³/mol. The Kier molecular flexibility index (Phi) is 9.08. The molecule has 7 nitrogen and oxygen atoms in total. The van der Waals surface area contributed by atoms with Crippen LogP contribution in [0.1, 0.15) is 54.3 Å². The normalized spacial score (nSPS) is 11.2. The van der Waals surface area contributed by atoms with Crippen molar-refractivity contribution in [2.75, 3.05) is 6.61 Å². The van der Waals surface area contributed by atoms with Gasteiger partial charge in [0.25, 0.3) is 11.8 Å². The van der Waals surface area contributed by atoms with E-state index in [9.17, 15) is 9.59 Å². The summed E-state index contributed by atoms with van der Waals surface area (Å²) < 4.78 is 11.3. The first kappa shape index (κ1) is 23.2. The Morgan fingerprint density at radius 2 is 1.70 bits per heavy atom. The molecule has 0 aliphatic carbocycles. The fraction of sp³-hybridized carbons (Fsp3) is 0.318. The van der Waals surface area contributed by atoms with Crippen LogP contribution in [0.2, 0.25) is 0 Å². The number of carbonyl (C=O) groups excluding carboxylic acids is 2. The molecule has 1 atom stereocenters. The summed E-state index contributed by atoms with van der Waals surface area (Å²) in [7, 11) is 0. The number of hydrogen-bond acceptors (Lipinski definition) is 5. The molecule has 0 fully saturated rings. The lowest BCUT2D eigenvalue weighted by atomic mass is 10.2. The summed E-state index contributed by atoms with van der Waals surface area (Å²) in [6.45, 7) is 6.51. The molecule has 2 rings (SSSR count). The lowest BCUT2D eigenvalue weighted by molar-refractivity contribution is 0.0931. The van der Waals surface area contributed by atoms with E-state index in [1.165, 1.54) is 0 Å². The Labute approximate surface area is 182 Å². The Balaban J connectivity index is 1.87. The molecule has 8 heteroatoms. The molecular formula is C22H27N3O4S. The molecule has 2 aromatic rings. The molecule has 0 bridgehead atoms. The van der Waals surface area contributed by atoms with E-state index in [-0.39, 0.29) is 11.2 Å². The van der Waals surface area contributed by atoms with Gasteiger partial charge >= 0.3 is 0 Å². The van der Waals surface area contributed by atoms with Crippen LogP contribution in [0.3, 0.4) is 0 Å². The number of para-hydroxylation sites is 1. The minimum Gasteiger partial charge on any atom is -0.493 e. The van der Waals surface area contributed by atoms with Crippen LogP contribution in [0.5, 0.6) is 11.5 Å². The van der Waals surface area contributed by atoms with Gasteiger partial charge in [-0.05, 0) is 68.4 Å². The highest BCUT2D eigenvalue weighted by Gasteiger charge is 2.13. The van der Waals surface area contributed by atoms with Crippen LogP contribution in [0, 0.1) is 0 Å². The summed E-state index contributed by atoms with van der Waals surface area (Å²) in [5, 5.41) is 2.49. The molecule has 0 aliphatic heterocycles. The fourth-order valence-electron chi connectivity index (χ4n) is 2.38. The van der Waals surface area contributed by atoms with Gasteiger partial charge in [-0.25, -0.2) is 0 Å². The van der Waals surface area contributed by atoms with Crippen molar-refractivity contribution in [3.63, 3.8) is 0 Å². The largest absolute Gasteiger partial charge is 0.493 e. The van der Waals surface area contributed by atoms with Gasteiger partial charge < -0.3 is 9.47 Å². The van der Waals surface area contributed by atoms with Crippen LogP contribution in [0.4, 0.5) is 0 Å². The van der Waals surface area contributed by atoms with Crippen LogP contribution < -0.4 is 25.6 Å². The number of carbonyl (C=O) groups is 2. The number of hydrogen-bond donors (Lipinski definition) is 3. The topological polar surface area (TPSA) is 88.7 Å². The minimum atomic E-state index is -0.426. The van der Waals surface area contributed by atoms with E-state index < -0.39 is 11.8 Å². The zero-order chi connectivity index (χ0) is 21.9. The fourth-order valence-corrected chi connectivity index (χ4v) is 2.52. The van der Waals surface area contributed by atoms with Gasteiger partial charge in [-0.15, -0.1) is 0 Å². The van der Waals surface area contributed by atoms with Gasteiger partial charge in [0.2, 0.25) is 0 Å². The van der Waals surface area contributed by atoms with Gasteiger partial charge in [-0.1, -0.05) is 26.0 Å². The first-order chi connectivity index (χ1) is 14.4. The average Bonchev–Trinajstić information content (AvgIpc) is 2.76. The van der Waals surface area contributed by atoms with Crippen LogP contribution in [0.15, 0.2) is 48.5 Å². The van der Waals surface area contributed by atoms with E-state index in [1.807, 2.05) is 20.8 Å². The van der Waals surface area contributed by atoms with E-state index in [0.29, 0.717) is 29.2 Å². The highest BCUT2D eigenvalue weighted by atomic mass is 32.1. The van der Waals surface area contributed by atoms with Gasteiger partial charge in [0.05, 0.1) is 18.3 Å². The molecule has 3 N–H and O–H groups in total. The maximum atomic E-state index is 12.4. The van der Waals surface area contributed by atoms with E-state index in [0.717, 1.165) is 12.8 Å². The van der Waals surface area contributed by atoms with Crippen molar-refractivity contribution in [3.05, 3.63) is 59.7 Å². The molecule has 0 heterocycles. The van der Waals surface area contributed by atoms with E-state index in [1.54, 1.807) is 48.5 Å². The number of nitrogens with one attached hydrogen (secondary N) is 3. The molecule has 0 saturated heterocycles. The molecular weight excluding hydrogens is 402 g/mol. The molecule has 1 unspecified atom stereocenters. The second kappa shape index (κ2) is 11.8. The molecule has 0 aromatic heterocycles. The number of benzene rings is 2. The van der Waals surface area contributed by atoms with Crippen molar-refractivity contribution >= 4 is 29.1 Å². The number of hydrazine groups is 1. The van der Waals surface area contributed by atoms with Gasteiger partial charge in [0.15, 0.2) is 5.11 Å². The third kappa shape index (κ3) is 7.04. The van der Waals surface area contributed by atoms with Gasteiger partial charge in [-0.3, -0.25) is 25.8 Å². The Bertz CT molecular complexity index is 871. The predicted octanol–water partition coefficient (Wildman–Crippen LogP) is 3.60. The molecule has 0 saturated carbocycles. The second-order valence-electron chi connectivity index (χ2n) is 6.57. The Morgan fingerprint density at radius 1 is 1.00 bits per heavy atom. The molecule has 0 spiro atoms. The number of thiocarbonyl (C=S) groups is 1. The summed E-state index contributed by atoms with van der Waals surface area (Å²) in [5.41, 5.74) is 5.78. The standard InChI is InChI=1S/C22H27N3O4S/c1-4-14-28-19-9-7-6-8-18(19)21(27)24-25-22(30)23-20(26)16-10-12-17(13-11-16)29-15(3)5-2/h6-13,15H,4-5,14H2,1-3H3,(H,24,27)(H2,23,25,26,30). The van der Waals surface area contributed by atoms with Crippen LogP contribution >= 0.6 is 12.2 Å². The van der Waals surface area contributed by atoms with Crippen LogP contribution in [-0.2, 0) is 0 Å². The molecule has 160 valence electrons. The zero-order valence-corrected chi connectivity index (χ0v) is 18.2. The summed E-state index contributed by atoms with van der Waals surface area (Å²) in [5.74, 6) is 0.347. The maximum Gasteiger partial charge on any atom is 0.273 e. The summed E-state index contributed by atoms with van der Waals surface area (Å²) in [6, 6.07) is 13.7. The van der Waals surface area contributed by atoms with E-state index in [4.69, 9.17) is 21.7 Å².